The van der Waals surface area contributed by atoms with Gasteiger partial charge in [-0.05, 0) is 30.2 Å². The molecule has 2 heterocycles. The molecule has 0 aliphatic heterocycles. The monoisotopic (exact) mass is 413 g/mol. The van der Waals surface area contributed by atoms with Gasteiger partial charge in [-0.15, -0.1) is 0 Å². The lowest BCUT2D eigenvalue weighted by atomic mass is 10.1. The Kier molecular flexibility index (Phi) is 5.32. The molecule has 0 spiro atoms. The van der Waals surface area contributed by atoms with Crippen molar-refractivity contribution >= 4 is 22.8 Å². The quantitative estimate of drug-likeness (QED) is 0.371. The molecule has 0 fully saturated rings. The Balaban J connectivity index is 1.64. The molecule has 2 aromatic heterocycles. The molecule has 3 nitrogen and oxygen atoms in total. The van der Waals surface area contributed by atoms with Crippen LogP contribution in [-0.2, 0) is 18.5 Å². The highest BCUT2D eigenvalue weighted by Crippen LogP contribution is 2.32. The van der Waals surface area contributed by atoms with Crippen molar-refractivity contribution in [1.82, 2.24) is 14.5 Å². The summed E-state index contributed by atoms with van der Waals surface area (Å²) in [4.78, 5) is 8.89. The standard InChI is InChI=1S/C22H18F3N3S/c1-15-4-2-5-16(10-15)13-28-20-12-26-9-8-19(20)27-21(28)29-14-17-6-3-7-18(11-17)22(23,24)25/h2-12H,13-14H2,1H3. The number of hydrogen-bond donors (Lipinski definition) is 0. The van der Waals surface area contributed by atoms with E-state index in [1.807, 2.05) is 25.1 Å². The number of benzene rings is 2. The van der Waals surface area contributed by atoms with Crippen LogP contribution in [-0.4, -0.2) is 14.5 Å². The number of rotatable bonds is 5. The number of fused-ring (bicyclic) bond motifs is 1. The molecule has 29 heavy (non-hydrogen) atoms. The van der Waals surface area contributed by atoms with Crippen LogP contribution in [0.4, 0.5) is 13.2 Å². The molecule has 0 aliphatic carbocycles. The van der Waals surface area contributed by atoms with Gasteiger partial charge in [0.25, 0.3) is 0 Å². The SMILES string of the molecule is Cc1cccc(Cn2c(SCc3cccc(C(F)(F)F)c3)nc3ccncc32)c1. The first-order chi connectivity index (χ1) is 13.9. The number of imidazole rings is 1. The Morgan fingerprint density at radius 1 is 1.00 bits per heavy atom. The maximum Gasteiger partial charge on any atom is 0.416 e. The van der Waals surface area contributed by atoms with Crippen molar-refractivity contribution in [2.24, 2.45) is 0 Å². The van der Waals surface area contributed by atoms with E-state index in [1.54, 1.807) is 18.5 Å². The fourth-order valence-electron chi connectivity index (χ4n) is 3.19. The average Bonchev–Trinajstić information content (AvgIpc) is 3.04. The van der Waals surface area contributed by atoms with Crippen LogP contribution >= 0.6 is 11.8 Å². The number of aromatic nitrogens is 3. The molecule has 2 aromatic carbocycles. The molecule has 0 unspecified atom stereocenters. The minimum absolute atomic E-state index is 0.397. The number of thioether (sulfide) groups is 1. The van der Waals surface area contributed by atoms with Gasteiger partial charge in [-0.25, -0.2) is 4.98 Å². The zero-order valence-corrected chi connectivity index (χ0v) is 16.5. The minimum atomic E-state index is -4.34. The van der Waals surface area contributed by atoms with E-state index in [2.05, 4.69) is 26.7 Å². The van der Waals surface area contributed by atoms with E-state index in [4.69, 9.17) is 0 Å². The molecular weight excluding hydrogens is 395 g/mol. The molecule has 7 heteroatoms. The second kappa shape index (κ2) is 7.91. The molecule has 4 aromatic rings. The van der Waals surface area contributed by atoms with E-state index in [1.165, 1.54) is 29.5 Å². The van der Waals surface area contributed by atoms with Gasteiger partial charge >= 0.3 is 6.18 Å². The Labute approximate surface area is 170 Å². The van der Waals surface area contributed by atoms with Crippen molar-refractivity contribution in [3.05, 3.63) is 89.2 Å². The predicted octanol–water partition coefficient (Wildman–Crippen LogP) is 6.10. The van der Waals surface area contributed by atoms with Crippen LogP contribution < -0.4 is 0 Å². The summed E-state index contributed by atoms with van der Waals surface area (Å²) in [5.41, 5.74) is 4.00. The van der Waals surface area contributed by atoms with E-state index < -0.39 is 11.7 Å². The third-order valence-electron chi connectivity index (χ3n) is 4.56. The lowest BCUT2D eigenvalue weighted by Crippen LogP contribution is -2.05. The molecule has 4 rings (SSSR count). The summed E-state index contributed by atoms with van der Waals surface area (Å²) in [5.74, 6) is 0.397. The van der Waals surface area contributed by atoms with E-state index in [-0.39, 0.29) is 0 Å². The Morgan fingerprint density at radius 2 is 1.79 bits per heavy atom. The molecule has 0 aliphatic rings. The zero-order chi connectivity index (χ0) is 20.4. The van der Waals surface area contributed by atoms with Crippen molar-refractivity contribution in [1.29, 1.82) is 0 Å². The molecular formula is C22H18F3N3S. The molecule has 148 valence electrons. The van der Waals surface area contributed by atoms with Gasteiger partial charge in [0.05, 0.1) is 29.3 Å². The van der Waals surface area contributed by atoms with Crippen molar-refractivity contribution < 1.29 is 13.2 Å². The number of nitrogens with zero attached hydrogens (tertiary/aromatic N) is 3. The van der Waals surface area contributed by atoms with Gasteiger partial charge in [-0.3, -0.25) is 4.98 Å². The fraction of sp³-hybridized carbons (Fsp3) is 0.182. The van der Waals surface area contributed by atoms with E-state index in [0.717, 1.165) is 27.8 Å². The second-order valence-electron chi connectivity index (χ2n) is 6.82. The molecule has 0 saturated heterocycles. The van der Waals surface area contributed by atoms with Gasteiger partial charge in [0, 0.05) is 11.9 Å². The van der Waals surface area contributed by atoms with E-state index in [9.17, 15) is 13.2 Å². The Bertz CT molecular complexity index is 1150. The van der Waals surface area contributed by atoms with E-state index in [0.29, 0.717) is 17.9 Å². The maximum absolute atomic E-state index is 13.0. The predicted molar refractivity (Wildman–Crippen MR) is 109 cm³/mol. The van der Waals surface area contributed by atoms with Crippen molar-refractivity contribution in [2.45, 2.75) is 30.6 Å². The maximum atomic E-state index is 13.0. The summed E-state index contributed by atoms with van der Waals surface area (Å²) in [7, 11) is 0. The lowest BCUT2D eigenvalue weighted by Gasteiger charge is -2.11. The first-order valence-corrected chi connectivity index (χ1v) is 10.0. The summed E-state index contributed by atoms with van der Waals surface area (Å²) in [6.45, 7) is 2.66. The molecule has 0 radical (unpaired) electrons. The highest BCUT2D eigenvalue weighted by Gasteiger charge is 2.30. The zero-order valence-electron chi connectivity index (χ0n) is 15.6. The van der Waals surface area contributed by atoms with Gasteiger partial charge in [0.15, 0.2) is 5.16 Å². The van der Waals surface area contributed by atoms with Crippen LogP contribution in [0.15, 0.2) is 72.1 Å². The van der Waals surface area contributed by atoms with E-state index >= 15 is 0 Å². The summed E-state index contributed by atoms with van der Waals surface area (Å²) in [6.07, 6.45) is -0.884. The van der Waals surface area contributed by atoms with Crippen LogP contribution in [0.5, 0.6) is 0 Å². The van der Waals surface area contributed by atoms with Gasteiger partial charge in [0.2, 0.25) is 0 Å². The topological polar surface area (TPSA) is 30.7 Å². The second-order valence-corrected chi connectivity index (χ2v) is 7.76. The highest BCUT2D eigenvalue weighted by molar-refractivity contribution is 7.98. The number of halogens is 3. The highest BCUT2D eigenvalue weighted by atomic mass is 32.2. The summed E-state index contributed by atoms with van der Waals surface area (Å²) >= 11 is 1.43. The number of hydrogen-bond acceptors (Lipinski definition) is 3. The van der Waals surface area contributed by atoms with Crippen molar-refractivity contribution in [3.8, 4) is 0 Å². The molecule has 0 bridgehead atoms. The van der Waals surface area contributed by atoms with Gasteiger partial charge < -0.3 is 4.57 Å². The lowest BCUT2D eigenvalue weighted by molar-refractivity contribution is -0.137. The first-order valence-electron chi connectivity index (χ1n) is 9.05. The number of pyridine rings is 1. The normalized spacial score (nSPS) is 11.9. The summed E-state index contributed by atoms with van der Waals surface area (Å²) in [6, 6.07) is 15.5. The van der Waals surface area contributed by atoms with Gasteiger partial charge in [0.1, 0.15) is 0 Å². The summed E-state index contributed by atoms with van der Waals surface area (Å²) < 4.78 is 41.0. The first kappa shape index (κ1) is 19.5. The van der Waals surface area contributed by atoms with Crippen LogP contribution in [0.1, 0.15) is 22.3 Å². The van der Waals surface area contributed by atoms with Crippen LogP contribution in [0.25, 0.3) is 11.0 Å². The van der Waals surface area contributed by atoms with Crippen LogP contribution in [0, 0.1) is 6.92 Å². The van der Waals surface area contributed by atoms with Crippen molar-refractivity contribution in [3.63, 3.8) is 0 Å². The van der Waals surface area contributed by atoms with Gasteiger partial charge in [-0.2, -0.15) is 13.2 Å². The summed E-state index contributed by atoms with van der Waals surface area (Å²) in [5, 5.41) is 0.756. The third-order valence-corrected chi connectivity index (χ3v) is 5.61. The van der Waals surface area contributed by atoms with Crippen LogP contribution in [0.2, 0.25) is 0 Å². The van der Waals surface area contributed by atoms with Gasteiger partial charge in [-0.1, -0.05) is 59.8 Å². The largest absolute Gasteiger partial charge is 0.416 e. The van der Waals surface area contributed by atoms with Crippen molar-refractivity contribution in [2.75, 3.05) is 0 Å². The Morgan fingerprint density at radius 3 is 2.59 bits per heavy atom. The molecule has 0 amide bonds. The van der Waals surface area contributed by atoms with Crippen LogP contribution in [0.3, 0.4) is 0 Å². The Hall–Kier alpha value is -2.80. The minimum Gasteiger partial charge on any atom is -0.313 e. The number of alkyl halides is 3. The average molecular weight is 413 g/mol. The molecule has 0 N–H and O–H groups in total. The molecule has 0 saturated carbocycles. The fourth-order valence-corrected chi connectivity index (χ4v) is 4.15. The smallest absolute Gasteiger partial charge is 0.313 e. The number of aryl methyl sites for hydroxylation is 1. The third kappa shape index (κ3) is 4.45. The molecule has 0 atom stereocenters.